The fourth-order valence-corrected chi connectivity index (χ4v) is 4.90. The van der Waals surface area contributed by atoms with E-state index in [0.29, 0.717) is 22.0 Å². The Morgan fingerprint density at radius 3 is 2.64 bits per heavy atom. The van der Waals surface area contributed by atoms with Crippen molar-refractivity contribution >= 4 is 78.6 Å². The molecule has 0 atom stereocenters. The number of nitrogens with zero attached hydrogens (tertiary/aromatic N) is 1. The summed E-state index contributed by atoms with van der Waals surface area (Å²) in [5.41, 5.74) is 3.50. The van der Waals surface area contributed by atoms with Gasteiger partial charge in [0.1, 0.15) is 0 Å². The molecule has 3 nitrogen and oxygen atoms in total. The fourth-order valence-electron chi connectivity index (χ4n) is 2.79. The standard InChI is InChI=1S/C18H13BrCl2INO2/c1-23-10(7-12-15(21)5-9(19)6-16(12)23)8-13-14(20)4-3-11(17(13)22)18(24)25-2/h3-7H,8H2,1-2H3. The van der Waals surface area contributed by atoms with E-state index in [1.807, 2.05) is 19.2 Å². The minimum atomic E-state index is -0.369. The van der Waals surface area contributed by atoms with Gasteiger partial charge in [-0.3, -0.25) is 0 Å². The summed E-state index contributed by atoms with van der Waals surface area (Å²) in [6, 6.07) is 9.39. The molecule has 0 spiro atoms. The van der Waals surface area contributed by atoms with Crippen molar-refractivity contribution in [3.8, 4) is 0 Å². The summed E-state index contributed by atoms with van der Waals surface area (Å²) in [5, 5.41) is 2.29. The summed E-state index contributed by atoms with van der Waals surface area (Å²) < 4.78 is 8.66. The number of methoxy groups -OCH3 is 1. The normalized spacial score (nSPS) is 11.1. The highest BCUT2D eigenvalue weighted by Crippen LogP contribution is 2.33. The predicted octanol–water partition coefficient (Wildman–Crippen LogP) is 6.23. The van der Waals surface area contributed by atoms with Crippen molar-refractivity contribution in [3.63, 3.8) is 0 Å². The maximum atomic E-state index is 11.9. The third kappa shape index (κ3) is 3.56. The van der Waals surface area contributed by atoms with Gasteiger partial charge >= 0.3 is 5.97 Å². The van der Waals surface area contributed by atoms with E-state index >= 15 is 0 Å². The monoisotopic (exact) mass is 551 g/mol. The van der Waals surface area contributed by atoms with E-state index in [1.54, 1.807) is 12.1 Å². The highest BCUT2D eigenvalue weighted by atomic mass is 127. The predicted molar refractivity (Wildman–Crippen MR) is 114 cm³/mol. The number of carbonyl (C=O) groups excluding carboxylic acids is 1. The first-order valence-electron chi connectivity index (χ1n) is 7.32. The van der Waals surface area contributed by atoms with Gasteiger partial charge in [0.15, 0.2) is 0 Å². The quantitative estimate of drug-likeness (QED) is 0.285. The minimum Gasteiger partial charge on any atom is -0.465 e. The van der Waals surface area contributed by atoms with E-state index in [9.17, 15) is 4.79 Å². The Balaban J connectivity index is 2.12. The Bertz CT molecular complexity index is 1000. The van der Waals surface area contributed by atoms with Crippen LogP contribution in [0.25, 0.3) is 10.9 Å². The molecule has 0 amide bonds. The number of carbonyl (C=O) groups is 1. The van der Waals surface area contributed by atoms with Crippen LogP contribution in [-0.2, 0) is 18.2 Å². The Kier molecular flexibility index (Phi) is 5.68. The molecule has 0 unspecified atom stereocenters. The van der Waals surface area contributed by atoms with E-state index in [1.165, 1.54) is 7.11 Å². The highest BCUT2D eigenvalue weighted by molar-refractivity contribution is 14.1. The number of hydrogen-bond acceptors (Lipinski definition) is 2. The second-order valence-electron chi connectivity index (χ2n) is 5.57. The molecule has 0 bridgehead atoms. The maximum absolute atomic E-state index is 11.9. The van der Waals surface area contributed by atoms with Crippen LogP contribution in [0.15, 0.2) is 34.8 Å². The minimum absolute atomic E-state index is 0.369. The molecule has 0 N–H and O–H groups in total. The number of ether oxygens (including phenoxy) is 1. The zero-order valence-corrected chi connectivity index (χ0v) is 18.6. The lowest BCUT2D eigenvalue weighted by Crippen LogP contribution is -2.08. The van der Waals surface area contributed by atoms with Gasteiger partial charge in [-0.15, -0.1) is 0 Å². The largest absolute Gasteiger partial charge is 0.465 e. The Hall–Kier alpha value is -0.760. The summed E-state index contributed by atoms with van der Waals surface area (Å²) in [4.78, 5) is 11.9. The number of fused-ring (bicyclic) bond motifs is 1. The van der Waals surface area contributed by atoms with Crippen molar-refractivity contribution < 1.29 is 9.53 Å². The average Bonchev–Trinajstić information content (AvgIpc) is 2.88. The molecule has 3 rings (SSSR count). The van der Waals surface area contributed by atoms with Crippen LogP contribution in [0.3, 0.4) is 0 Å². The molecular formula is C18H13BrCl2INO2. The molecule has 2 aromatic carbocycles. The molecule has 25 heavy (non-hydrogen) atoms. The van der Waals surface area contributed by atoms with Crippen LogP contribution in [0.5, 0.6) is 0 Å². The maximum Gasteiger partial charge on any atom is 0.338 e. The van der Waals surface area contributed by atoms with Crippen LogP contribution in [0, 0.1) is 3.57 Å². The van der Waals surface area contributed by atoms with E-state index in [-0.39, 0.29) is 5.97 Å². The van der Waals surface area contributed by atoms with E-state index in [0.717, 1.165) is 30.2 Å². The number of aryl methyl sites for hydroxylation is 1. The SMILES string of the molecule is COC(=O)c1ccc(Cl)c(Cc2cc3c(Cl)cc(Br)cc3n2C)c1I. The summed E-state index contributed by atoms with van der Waals surface area (Å²) in [6.45, 7) is 0. The van der Waals surface area contributed by atoms with E-state index < -0.39 is 0 Å². The molecule has 0 radical (unpaired) electrons. The van der Waals surface area contributed by atoms with Gasteiger partial charge in [-0.05, 0) is 58.5 Å². The van der Waals surface area contributed by atoms with Gasteiger partial charge in [-0.25, -0.2) is 4.79 Å². The van der Waals surface area contributed by atoms with Gasteiger partial charge in [0.05, 0.1) is 23.2 Å². The molecule has 0 aliphatic carbocycles. The van der Waals surface area contributed by atoms with E-state index in [4.69, 9.17) is 27.9 Å². The average molecular weight is 553 g/mol. The van der Waals surface area contributed by atoms with Gasteiger partial charge in [-0.2, -0.15) is 0 Å². The molecule has 0 saturated heterocycles. The lowest BCUT2D eigenvalue weighted by molar-refractivity contribution is 0.0599. The second kappa shape index (κ2) is 7.47. The van der Waals surface area contributed by atoms with Crippen LogP contribution < -0.4 is 0 Å². The zero-order chi connectivity index (χ0) is 18.3. The Morgan fingerprint density at radius 1 is 1.24 bits per heavy atom. The van der Waals surface area contributed by atoms with Gasteiger partial charge < -0.3 is 9.30 Å². The number of halogens is 4. The van der Waals surface area contributed by atoms with Gasteiger partial charge in [0.25, 0.3) is 0 Å². The molecule has 1 heterocycles. The summed E-state index contributed by atoms with van der Waals surface area (Å²) in [5.74, 6) is -0.369. The summed E-state index contributed by atoms with van der Waals surface area (Å²) in [6.07, 6.45) is 0.584. The number of benzene rings is 2. The van der Waals surface area contributed by atoms with Crippen LogP contribution >= 0.6 is 61.7 Å². The smallest absolute Gasteiger partial charge is 0.338 e. The lowest BCUT2D eigenvalue weighted by Gasteiger charge is -2.12. The molecule has 1 aromatic heterocycles. The lowest BCUT2D eigenvalue weighted by atomic mass is 10.1. The molecule has 0 saturated carbocycles. The topological polar surface area (TPSA) is 31.2 Å². The van der Waals surface area contributed by atoms with Gasteiger partial charge in [0, 0.05) is 37.6 Å². The van der Waals surface area contributed by atoms with Crippen LogP contribution in [0.4, 0.5) is 0 Å². The molecule has 130 valence electrons. The number of esters is 1. The number of hydrogen-bond donors (Lipinski definition) is 0. The third-order valence-electron chi connectivity index (χ3n) is 4.12. The van der Waals surface area contributed by atoms with Crippen LogP contribution in [0.2, 0.25) is 10.0 Å². The zero-order valence-electron chi connectivity index (χ0n) is 13.4. The molecular weight excluding hydrogens is 540 g/mol. The fraction of sp³-hybridized carbons (Fsp3) is 0.167. The second-order valence-corrected chi connectivity index (χ2v) is 8.38. The molecule has 0 fully saturated rings. The Labute approximate surface area is 177 Å². The highest BCUT2D eigenvalue weighted by Gasteiger charge is 2.18. The van der Waals surface area contributed by atoms with Crippen molar-refractivity contribution in [2.45, 2.75) is 6.42 Å². The first kappa shape index (κ1) is 19.0. The van der Waals surface area contributed by atoms with Crippen molar-refractivity contribution in [1.29, 1.82) is 0 Å². The van der Waals surface area contributed by atoms with Crippen LogP contribution in [-0.4, -0.2) is 17.6 Å². The summed E-state index contributed by atoms with van der Waals surface area (Å²) >= 11 is 18.4. The molecule has 3 aromatic rings. The number of rotatable bonds is 3. The van der Waals surface area contributed by atoms with E-state index in [2.05, 4.69) is 49.2 Å². The van der Waals surface area contributed by atoms with Crippen molar-refractivity contribution in [2.24, 2.45) is 7.05 Å². The van der Waals surface area contributed by atoms with Gasteiger partial charge in [0.2, 0.25) is 0 Å². The van der Waals surface area contributed by atoms with Crippen molar-refractivity contribution in [1.82, 2.24) is 4.57 Å². The first-order valence-corrected chi connectivity index (χ1v) is 9.94. The molecule has 0 aliphatic heterocycles. The van der Waals surface area contributed by atoms with Crippen molar-refractivity contribution in [2.75, 3.05) is 7.11 Å². The number of aromatic nitrogens is 1. The summed E-state index contributed by atoms with van der Waals surface area (Å²) in [7, 11) is 3.36. The molecule has 0 aliphatic rings. The first-order chi connectivity index (χ1) is 11.8. The molecule has 7 heteroatoms. The third-order valence-corrected chi connectivity index (χ3v) is 6.48. The van der Waals surface area contributed by atoms with Gasteiger partial charge in [-0.1, -0.05) is 39.1 Å². The van der Waals surface area contributed by atoms with Crippen LogP contribution in [0.1, 0.15) is 21.6 Å². The Morgan fingerprint density at radius 2 is 1.96 bits per heavy atom. The van der Waals surface area contributed by atoms with Crippen molar-refractivity contribution in [3.05, 3.63) is 65.2 Å².